The van der Waals surface area contributed by atoms with E-state index in [0.29, 0.717) is 17.0 Å². The molecule has 0 aromatic carbocycles. The number of tetrazole rings is 1. The van der Waals surface area contributed by atoms with Crippen LogP contribution in [0.4, 0.5) is 0 Å². The van der Waals surface area contributed by atoms with Crippen LogP contribution in [0.15, 0.2) is 5.16 Å². The summed E-state index contributed by atoms with van der Waals surface area (Å²) >= 11 is 1.39. The molecule has 6 nitrogen and oxygen atoms in total. The van der Waals surface area contributed by atoms with E-state index in [0.717, 1.165) is 12.8 Å². The van der Waals surface area contributed by atoms with Gasteiger partial charge in [-0.3, -0.25) is 4.79 Å². The maximum atomic E-state index is 12.1. The lowest BCUT2D eigenvalue weighted by atomic mass is 9.94. The Bertz CT molecular complexity index is 402. The van der Waals surface area contributed by atoms with Crippen molar-refractivity contribution in [1.29, 1.82) is 0 Å². The summed E-state index contributed by atoms with van der Waals surface area (Å²) in [6.45, 7) is 0. The number of aromatic nitrogens is 4. The molecule has 0 saturated heterocycles. The van der Waals surface area contributed by atoms with Crippen LogP contribution in [-0.4, -0.2) is 49.9 Å². The molecule has 1 aromatic heterocycles. The average Bonchev–Trinajstić information content (AvgIpc) is 2.81. The van der Waals surface area contributed by atoms with Gasteiger partial charge in [-0.05, 0) is 23.3 Å². The van der Waals surface area contributed by atoms with Crippen molar-refractivity contribution in [2.24, 2.45) is 7.05 Å². The molecule has 0 bridgehead atoms. The topological polar surface area (TPSA) is 63.9 Å². The van der Waals surface area contributed by atoms with Gasteiger partial charge in [0.05, 0.1) is 5.75 Å². The van der Waals surface area contributed by atoms with Crippen LogP contribution in [0, 0.1) is 0 Å². The van der Waals surface area contributed by atoms with Crippen molar-refractivity contribution < 1.29 is 4.79 Å². The van der Waals surface area contributed by atoms with Gasteiger partial charge in [0.1, 0.15) is 0 Å². The molecule has 18 heavy (non-hydrogen) atoms. The summed E-state index contributed by atoms with van der Waals surface area (Å²) in [4.78, 5) is 14.0. The lowest BCUT2D eigenvalue weighted by Gasteiger charge is -2.31. The highest BCUT2D eigenvalue weighted by Crippen LogP contribution is 2.22. The highest BCUT2D eigenvalue weighted by Gasteiger charge is 2.22. The standard InChI is InChI=1S/C11H19N5OS/c1-15(9-6-4-3-5-7-9)10(17)8-18-11-12-13-14-16(11)2/h9H,3-8H2,1-2H3. The fourth-order valence-electron chi connectivity index (χ4n) is 2.24. The zero-order chi connectivity index (χ0) is 13.0. The van der Waals surface area contributed by atoms with Gasteiger partial charge >= 0.3 is 0 Å². The Hall–Kier alpha value is -1.11. The van der Waals surface area contributed by atoms with Crippen molar-refractivity contribution in [3.05, 3.63) is 0 Å². The first-order valence-electron chi connectivity index (χ1n) is 6.29. The minimum atomic E-state index is 0.162. The molecule has 100 valence electrons. The Morgan fingerprint density at radius 3 is 2.78 bits per heavy atom. The smallest absolute Gasteiger partial charge is 0.233 e. The van der Waals surface area contributed by atoms with Gasteiger partial charge in [0.25, 0.3) is 0 Å². The van der Waals surface area contributed by atoms with Crippen LogP contribution in [0.5, 0.6) is 0 Å². The molecule has 0 unspecified atom stereocenters. The van der Waals surface area contributed by atoms with E-state index in [1.807, 2.05) is 11.9 Å². The molecule has 1 fully saturated rings. The van der Waals surface area contributed by atoms with Gasteiger partial charge in [-0.1, -0.05) is 31.0 Å². The van der Waals surface area contributed by atoms with E-state index in [-0.39, 0.29) is 5.91 Å². The van der Waals surface area contributed by atoms with E-state index in [2.05, 4.69) is 15.5 Å². The number of hydrogen-bond donors (Lipinski definition) is 0. The van der Waals surface area contributed by atoms with Gasteiger partial charge in [0.15, 0.2) is 0 Å². The van der Waals surface area contributed by atoms with Crippen LogP contribution in [0.2, 0.25) is 0 Å². The molecule has 0 spiro atoms. The highest BCUT2D eigenvalue weighted by atomic mass is 32.2. The number of amides is 1. The fourth-order valence-corrected chi connectivity index (χ4v) is 3.02. The summed E-state index contributed by atoms with van der Waals surface area (Å²) < 4.78 is 1.58. The third-order valence-electron chi connectivity index (χ3n) is 3.42. The zero-order valence-electron chi connectivity index (χ0n) is 10.9. The van der Waals surface area contributed by atoms with Crippen molar-refractivity contribution in [1.82, 2.24) is 25.1 Å². The van der Waals surface area contributed by atoms with E-state index in [1.165, 1.54) is 31.0 Å². The van der Waals surface area contributed by atoms with Crippen LogP contribution in [-0.2, 0) is 11.8 Å². The molecule has 1 aliphatic rings. The molecule has 1 saturated carbocycles. The summed E-state index contributed by atoms with van der Waals surface area (Å²) in [5.41, 5.74) is 0. The maximum absolute atomic E-state index is 12.1. The minimum Gasteiger partial charge on any atom is -0.342 e. The maximum Gasteiger partial charge on any atom is 0.233 e. The highest BCUT2D eigenvalue weighted by molar-refractivity contribution is 7.99. The molecule has 1 aromatic rings. The Kier molecular flexibility index (Phi) is 4.57. The van der Waals surface area contributed by atoms with Gasteiger partial charge in [0.2, 0.25) is 11.1 Å². The molecule has 7 heteroatoms. The van der Waals surface area contributed by atoms with Crippen LogP contribution in [0.1, 0.15) is 32.1 Å². The van der Waals surface area contributed by atoms with E-state index in [4.69, 9.17) is 0 Å². The molecular weight excluding hydrogens is 250 g/mol. The van der Waals surface area contributed by atoms with Gasteiger partial charge in [-0.15, -0.1) is 5.10 Å². The lowest BCUT2D eigenvalue weighted by molar-refractivity contribution is -0.129. The fraction of sp³-hybridized carbons (Fsp3) is 0.818. The van der Waals surface area contributed by atoms with Gasteiger partial charge in [0, 0.05) is 20.1 Å². The van der Waals surface area contributed by atoms with Gasteiger partial charge < -0.3 is 4.90 Å². The third kappa shape index (κ3) is 3.22. The largest absolute Gasteiger partial charge is 0.342 e. The zero-order valence-corrected chi connectivity index (χ0v) is 11.7. The Labute approximate surface area is 111 Å². The normalized spacial score (nSPS) is 16.8. The van der Waals surface area contributed by atoms with E-state index >= 15 is 0 Å². The Balaban J connectivity index is 1.82. The molecule has 0 atom stereocenters. The van der Waals surface area contributed by atoms with E-state index in [9.17, 15) is 4.79 Å². The molecule has 1 amide bonds. The monoisotopic (exact) mass is 269 g/mol. The van der Waals surface area contributed by atoms with Crippen molar-refractivity contribution in [3.63, 3.8) is 0 Å². The summed E-state index contributed by atoms with van der Waals surface area (Å²) in [5, 5.41) is 11.8. The first-order chi connectivity index (χ1) is 8.68. The number of thioether (sulfide) groups is 1. The van der Waals surface area contributed by atoms with Crippen molar-refractivity contribution in [2.75, 3.05) is 12.8 Å². The van der Waals surface area contributed by atoms with E-state index < -0.39 is 0 Å². The second-order valence-electron chi connectivity index (χ2n) is 4.67. The number of hydrogen-bond acceptors (Lipinski definition) is 5. The van der Waals surface area contributed by atoms with Crippen LogP contribution < -0.4 is 0 Å². The van der Waals surface area contributed by atoms with Crippen molar-refractivity contribution in [3.8, 4) is 0 Å². The number of carbonyl (C=O) groups is 1. The SMILES string of the molecule is CN(C(=O)CSc1nnnn1C)C1CCCCC1. The van der Waals surface area contributed by atoms with Crippen LogP contribution >= 0.6 is 11.8 Å². The molecule has 0 N–H and O–H groups in total. The average molecular weight is 269 g/mol. The Morgan fingerprint density at radius 2 is 2.17 bits per heavy atom. The second-order valence-corrected chi connectivity index (χ2v) is 5.61. The predicted molar refractivity (Wildman–Crippen MR) is 69.2 cm³/mol. The van der Waals surface area contributed by atoms with Gasteiger partial charge in [-0.25, -0.2) is 4.68 Å². The summed E-state index contributed by atoms with van der Waals surface area (Å²) in [5.74, 6) is 0.566. The summed E-state index contributed by atoms with van der Waals surface area (Å²) in [7, 11) is 3.69. The molecule has 0 aliphatic heterocycles. The molecule has 1 aliphatic carbocycles. The molecule has 2 rings (SSSR count). The first-order valence-corrected chi connectivity index (χ1v) is 7.28. The third-order valence-corrected chi connectivity index (χ3v) is 4.42. The second kappa shape index (κ2) is 6.17. The summed E-state index contributed by atoms with van der Waals surface area (Å²) in [6.07, 6.45) is 6.06. The Morgan fingerprint density at radius 1 is 1.44 bits per heavy atom. The summed E-state index contributed by atoms with van der Waals surface area (Å²) in [6, 6.07) is 0.421. The van der Waals surface area contributed by atoms with Crippen LogP contribution in [0.3, 0.4) is 0 Å². The van der Waals surface area contributed by atoms with Gasteiger partial charge in [-0.2, -0.15) is 0 Å². The van der Waals surface area contributed by atoms with Crippen LogP contribution in [0.25, 0.3) is 0 Å². The molecule has 1 heterocycles. The van der Waals surface area contributed by atoms with Crippen molar-refractivity contribution in [2.45, 2.75) is 43.3 Å². The number of nitrogens with zero attached hydrogens (tertiary/aromatic N) is 5. The minimum absolute atomic E-state index is 0.162. The molecular formula is C11H19N5OS. The number of rotatable bonds is 4. The number of carbonyl (C=O) groups excluding carboxylic acids is 1. The van der Waals surface area contributed by atoms with E-state index in [1.54, 1.807) is 11.7 Å². The predicted octanol–water partition coefficient (Wildman–Crippen LogP) is 1.09. The van der Waals surface area contributed by atoms with Crippen molar-refractivity contribution >= 4 is 17.7 Å². The lowest BCUT2D eigenvalue weighted by Crippen LogP contribution is -2.39. The quantitative estimate of drug-likeness (QED) is 0.766. The first kappa shape index (κ1) is 13.3. The molecule has 0 radical (unpaired) electrons. The number of aryl methyl sites for hydroxylation is 1.